The molecule has 2 aromatic heterocycles. The van der Waals surface area contributed by atoms with Crippen LogP contribution in [0.1, 0.15) is 23.7 Å². The SMILES string of the molecule is Cc1ccc2c3n(nc2n1)C(c1ccc(N)cc1)CCN3. The van der Waals surface area contributed by atoms with Crippen molar-refractivity contribution < 1.29 is 0 Å². The molecule has 1 aliphatic rings. The van der Waals surface area contributed by atoms with Gasteiger partial charge in [-0.15, -0.1) is 5.10 Å². The van der Waals surface area contributed by atoms with E-state index in [1.165, 1.54) is 5.56 Å². The molecule has 1 atom stereocenters. The molecule has 1 aromatic carbocycles. The molecule has 3 N–H and O–H groups in total. The molecular weight excluding hydrogens is 262 g/mol. The summed E-state index contributed by atoms with van der Waals surface area (Å²) in [6.45, 7) is 2.92. The number of nitrogens with zero attached hydrogens (tertiary/aromatic N) is 3. The van der Waals surface area contributed by atoms with E-state index in [9.17, 15) is 0 Å². The van der Waals surface area contributed by atoms with Crippen molar-refractivity contribution in [3.63, 3.8) is 0 Å². The highest BCUT2D eigenvalue weighted by Gasteiger charge is 2.24. The smallest absolute Gasteiger partial charge is 0.183 e. The first-order chi connectivity index (χ1) is 10.2. The molecule has 21 heavy (non-hydrogen) atoms. The van der Waals surface area contributed by atoms with Crippen LogP contribution in [-0.2, 0) is 0 Å². The largest absolute Gasteiger partial charge is 0.399 e. The Morgan fingerprint density at radius 3 is 2.81 bits per heavy atom. The number of aryl methyl sites for hydroxylation is 1. The minimum absolute atomic E-state index is 0.233. The lowest BCUT2D eigenvalue weighted by Crippen LogP contribution is -2.24. The number of pyridine rings is 1. The van der Waals surface area contributed by atoms with Gasteiger partial charge in [0.25, 0.3) is 0 Å². The number of hydrogen-bond donors (Lipinski definition) is 2. The molecule has 3 heterocycles. The minimum atomic E-state index is 0.233. The summed E-state index contributed by atoms with van der Waals surface area (Å²) in [5.74, 6) is 1.06. The summed E-state index contributed by atoms with van der Waals surface area (Å²) in [4.78, 5) is 4.53. The van der Waals surface area contributed by atoms with Crippen molar-refractivity contribution >= 4 is 22.5 Å². The Labute approximate surface area is 122 Å². The second kappa shape index (κ2) is 4.48. The number of nitrogen functional groups attached to an aromatic ring is 1. The first-order valence-corrected chi connectivity index (χ1v) is 7.17. The van der Waals surface area contributed by atoms with Crippen LogP contribution < -0.4 is 11.1 Å². The van der Waals surface area contributed by atoms with Gasteiger partial charge in [-0.05, 0) is 43.2 Å². The van der Waals surface area contributed by atoms with E-state index in [1.54, 1.807) is 0 Å². The first kappa shape index (κ1) is 12.2. The second-order valence-electron chi connectivity index (χ2n) is 5.51. The van der Waals surface area contributed by atoms with E-state index in [0.29, 0.717) is 0 Å². The van der Waals surface area contributed by atoms with Gasteiger partial charge in [-0.2, -0.15) is 0 Å². The lowest BCUT2D eigenvalue weighted by molar-refractivity contribution is 0.485. The molecule has 1 aliphatic heterocycles. The van der Waals surface area contributed by atoms with Gasteiger partial charge < -0.3 is 11.1 Å². The average molecular weight is 279 g/mol. The molecule has 0 radical (unpaired) electrons. The Hall–Kier alpha value is -2.56. The molecule has 5 heteroatoms. The maximum atomic E-state index is 5.78. The molecule has 0 aliphatic carbocycles. The third kappa shape index (κ3) is 1.93. The van der Waals surface area contributed by atoms with Gasteiger partial charge in [0.05, 0.1) is 11.4 Å². The fourth-order valence-electron chi connectivity index (χ4n) is 2.96. The summed E-state index contributed by atoms with van der Waals surface area (Å²) < 4.78 is 2.06. The van der Waals surface area contributed by atoms with Crippen LogP contribution in [0.15, 0.2) is 36.4 Å². The second-order valence-corrected chi connectivity index (χ2v) is 5.51. The highest BCUT2D eigenvalue weighted by Crippen LogP contribution is 2.34. The van der Waals surface area contributed by atoms with Crippen molar-refractivity contribution in [2.45, 2.75) is 19.4 Å². The zero-order chi connectivity index (χ0) is 14.4. The van der Waals surface area contributed by atoms with Crippen molar-refractivity contribution in [1.82, 2.24) is 14.8 Å². The number of benzene rings is 1. The summed E-state index contributed by atoms with van der Waals surface area (Å²) in [6.07, 6.45) is 1.00. The van der Waals surface area contributed by atoms with Gasteiger partial charge in [-0.25, -0.2) is 9.67 Å². The summed E-state index contributed by atoms with van der Waals surface area (Å²) >= 11 is 0. The topological polar surface area (TPSA) is 68.8 Å². The zero-order valence-electron chi connectivity index (χ0n) is 11.9. The van der Waals surface area contributed by atoms with E-state index in [-0.39, 0.29) is 6.04 Å². The van der Waals surface area contributed by atoms with Gasteiger partial charge in [-0.1, -0.05) is 12.1 Å². The van der Waals surface area contributed by atoms with Gasteiger partial charge in [-0.3, -0.25) is 0 Å². The van der Waals surface area contributed by atoms with Crippen molar-refractivity contribution in [3.8, 4) is 0 Å². The summed E-state index contributed by atoms with van der Waals surface area (Å²) in [5.41, 5.74) is 9.60. The molecule has 3 aromatic rings. The van der Waals surface area contributed by atoms with Crippen LogP contribution >= 0.6 is 0 Å². The molecule has 106 valence electrons. The molecule has 0 bridgehead atoms. The van der Waals surface area contributed by atoms with Crippen LogP contribution in [0, 0.1) is 6.92 Å². The Morgan fingerprint density at radius 1 is 1.19 bits per heavy atom. The maximum absolute atomic E-state index is 5.78. The Bertz CT molecular complexity index is 803. The fourth-order valence-corrected chi connectivity index (χ4v) is 2.96. The van der Waals surface area contributed by atoms with Crippen LogP contribution in [-0.4, -0.2) is 21.3 Å². The van der Waals surface area contributed by atoms with Crippen LogP contribution in [0.2, 0.25) is 0 Å². The van der Waals surface area contributed by atoms with E-state index in [1.807, 2.05) is 25.1 Å². The van der Waals surface area contributed by atoms with Gasteiger partial charge in [0, 0.05) is 17.9 Å². The van der Waals surface area contributed by atoms with Crippen LogP contribution in [0.25, 0.3) is 11.0 Å². The number of anilines is 2. The van der Waals surface area contributed by atoms with Crippen molar-refractivity contribution in [3.05, 3.63) is 47.7 Å². The molecule has 0 spiro atoms. The van der Waals surface area contributed by atoms with E-state index in [2.05, 4.69) is 33.2 Å². The van der Waals surface area contributed by atoms with Crippen molar-refractivity contribution in [1.29, 1.82) is 0 Å². The molecule has 0 fully saturated rings. The monoisotopic (exact) mass is 279 g/mol. The fraction of sp³-hybridized carbons (Fsp3) is 0.250. The standard InChI is InChI=1S/C16H17N5/c1-10-2-7-13-15(19-10)20-21-14(8-9-18-16(13)21)11-3-5-12(17)6-4-11/h2-7,14,18H,8-9,17H2,1H3. The number of fused-ring (bicyclic) bond motifs is 3. The van der Waals surface area contributed by atoms with Gasteiger partial charge in [0.15, 0.2) is 5.65 Å². The Balaban J connectivity index is 1.87. The van der Waals surface area contributed by atoms with E-state index >= 15 is 0 Å². The number of nitrogens with two attached hydrogens (primary N) is 1. The van der Waals surface area contributed by atoms with Gasteiger partial charge >= 0.3 is 0 Å². The normalized spacial score (nSPS) is 17.5. The lowest BCUT2D eigenvalue weighted by Gasteiger charge is -2.26. The predicted molar refractivity (Wildman–Crippen MR) is 84.4 cm³/mol. The maximum Gasteiger partial charge on any atom is 0.183 e. The molecule has 5 nitrogen and oxygen atoms in total. The summed E-state index contributed by atoms with van der Waals surface area (Å²) in [5, 5.41) is 9.24. The lowest BCUT2D eigenvalue weighted by atomic mass is 10.0. The third-order valence-corrected chi connectivity index (χ3v) is 4.03. The van der Waals surface area contributed by atoms with Gasteiger partial charge in [0.1, 0.15) is 5.82 Å². The average Bonchev–Trinajstić information content (AvgIpc) is 2.85. The number of hydrogen-bond acceptors (Lipinski definition) is 4. The van der Waals surface area contributed by atoms with Crippen molar-refractivity contribution in [2.75, 3.05) is 17.6 Å². The predicted octanol–water partition coefficient (Wildman–Crippen LogP) is 2.73. The quantitative estimate of drug-likeness (QED) is 0.672. The van der Waals surface area contributed by atoms with E-state index in [0.717, 1.165) is 41.2 Å². The molecule has 1 unspecified atom stereocenters. The molecular formula is C16H17N5. The highest BCUT2D eigenvalue weighted by atomic mass is 15.4. The Kier molecular flexibility index (Phi) is 2.60. The van der Waals surface area contributed by atoms with Crippen LogP contribution in [0.4, 0.5) is 11.5 Å². The third-order valence-electron chi connectivity index (χ3n) is 4.03. The van der Waals surface area contributed by atoms with E-state index < -0.39 is 0 Å². The zero-order valence-corrected chi connectivity index (χ0v) is 11.9. The van der Waals surface area contributed by atoms with Gasteiger partial charge in [0.2, 0.25) is 0 Å². The summed E-state index contributed by atoms with van der Waals surface area (Å²) in [7, 11) is 0. The number of aromatic nitrogens is 3. The molecule has 0 saturated heterocycles. The molecule has 4 rings (SSSR count). The highest BCUT2D eigenvalue weighted by molar-refractivity contribution is 5.88. The van der Waals surface area contributed by atoms with Crippen LogP contribution in [0.5, 0.6) is 0 Å². The minimum Gasteiger partial charge on any atom is -0.399 e. The number of nitrogens with one attached hydrogen (secondary N) is 1. The summed E-state index contributed by atoms with van der Waals surface area (Å²) in [6, 6.07) is 12.4. The van der Waals surface area contributed by atoms with Crippen LogP contribution in [0.3, 0.4) is 0 Å². The first-order valence-electron chi connectivity index (χ1n) is 7.17. The number of rotatable bonds is 1. The van der Waals surface area contributed by atoms with Crippen molar-refractivity contribution in [2.24, 2.45) is 0 Å². The van der Waals surface area contributed by atoms with E-state index in [4.69, 9.17) is 10.8 Å². The molecule has 0 amide bonds. The Morgan fingerprint density at radius 2 is 2.00 bits per heavy atom. The molecule has 0 saturated carbocycles.